The standard InChI is InChI=1S/C19H17Cl2N3O4/c20-12-1-3-15(14(21)9-12)22-18(25)11-23-5-6-24(19(23)26)13-2-4-16-17(10-13)28-8-7-27-16/h1-4,9-10H,5-8,11H2,(H,22,25). The van der Waals surface area contributed by atoms with Crippen LogP contribution in [0.2, 0.25) is 10.0 Å². The van der Waals surface area contributed by atoms with Gasteiger partial charge in [0.15, 0.2) is 11.5 Å². The summed E-state index contributed by atoms with van der Waals surface area (Å²) in [7, 11) is 0. The first-order valence-electron chi connectivity index (χ1n) is 8.72. The molecule has 4 rings (SSSR count). The van der Waals surface area contributed by atoms with E-state index < -0.39 is 0 Å². The van der Waals surface area contributed by atoms with Crippen LogP contribution < -0.4 is 19.7 Å². The van der Waals surface area contributed by atoms with Gasteiger partial charge in [-0.25, -0.2) is 4.79 Å². The fraction of sp³-hybridized carbons (Fsp3) is 0.263. The summed E-state index contributed by atoms with van der Waals surface area (Å²) < 4.78 is 11.1. The summed E-state index contributed by atoms with van der Waals surface area (Å²) in [5, 5.41) is 3.52. The molecule has 146 valence electrons. The summed E-state index contributed by atoms with van der Waals surface area (Å²) in [6.07, 6.45) is 0. The van der Waals surface area contributed by atoms with Crippen LogP contribution in [0, 0.1) is 0 Å². The van der Waals surface area contributed by atoms with Crippen LogP contribution in [0.4, 0.5) is 16.2 Å². The number of carbonyl (C=O) groups excluding carboxylic acids is 2. The fourth-order valence-electron chi connectivity index (χ4n) is 3.12. The highest BCUT2D eigenvalue weighted by atomic mass is 35.5. The van der Waals surface area contributed by atoms with Gasteiger partial charge in [0.2, 0.25) is 5.91 Å². The number of urea groups is 1. The van der Waals surface area contributed by atoms with Crippen molar-refractivity contribution in [3.05, 3.63) is 46.4 Å². The van der Waals surface area contributed by atoms with Gasteiger partial charge in [0.05, 0.1) is 10.7 Å². The molecule has 0 aromatic heterocycles. The van der Waals surface area contributed by atoms with E-state index in [1.807, 2.05) is 6.07 Å². The van der Waals surface area contributed by atoms with E-state index in [9.17, 15) is 9.59 Å². The predicted octanol–water partition coefficient (Wildman–Crippen LogP) is 3.65. The molecule has 0 aliphatic carbocycles. The largest absolute Gasteiger partial charge is 0.486 e. The van der Waals surface area contributed by atoms with Crippen molar-refractivity contribution in [3.8, 4) is 11.5 Å². The van der Waals surface area contributed by atoms with Crippen molar-refractivity contribution in [2.24, 2.45) is 0 Å². The van der Waals surface area contributed by atoms with Crippen LogP contribution in [-0.2, 0) is 4.79 Å². The molecule has 1 N–H and O–H groups in total. The molecule has 7 nitrogen and oxygen atoms in total. The Labute approximate surface area is 171 Å². The molecule has 0 spiro atoms. The first kappa shape index (κ1) is 18.7. The van der Waals surface area contributed by atoms with E-state index in [4.69, 9.17) is 32.7 Å². The van der Waals surface area contributed by atoms with Crippen molar-refractivity contribution in [1.29, 1.82) is 0 Å². The summed E-state index contributed by atoms with van der Waals surface area (Å²) >= 11 is 11.9. The van der Waals surface area contributed by atoms with Crippen molar-refractivity contribution in [3.63, 3.8) is 0 Å². The molecule has 2 heterocycles. The number of fused-ring (bicyclic) bond motifs is 1. The van der Waals surface area contributed by atoms with Gasteiger partial charge in [-0.15, -0.1) is 0 Å². The Bertz CT molecular complexity index is 937. The number of anilines is 2. The summed E-state index contributed by atoms with van der Waals surface area (Å²) in [6, 6.07) is 9.93. The van der Waals surface area contributed by atoms with Crippen LogP contribution >= 0.6 is 23.2 Å². The number of hydrogen-bond donors (Lipinski definition) is 1. The van der Waals surface area contributed by atoms with Crippen LogP contribution in [0.3, 0.4) is 0 Å². The Morgan fingerprint density at radius 3 is 2.61 bits per heavy atom. The number of carbonyl (C=O) groups is 2. The van der Waals surface area contributed by atoms with Gasteiger partial charge in [-0.05, 0) is 30.3 Å². The SMILES string of the molecule is O=C(CN1CCN(c2ccc3c(c2)OCCO3)C1=O)Nc1ccc(Cl)cc1Cl. The van der Waals surface area contributed by atoms with Crippen LogP contribution in [0.25, 0.3) is 0 Å². The van der Waals surface area contributed by atoms with E-state index in [1.54, 1.807) is 35.2 Å². The van der Waals surface area contributed by atoms with E-state index in [0.29, 0.717) is 59.2 Å². The van der Waals surface area contributed by atoms with Crippen molar-refractivity contribution in [2.75, 3.05) is 43.1 Å². The zero-order valence-corrected chi connectivity index (χ0v) is 16.3. The third kappa shape index (κ3) is 3.81. The first-order chi connectivity index (χ1) is 13.5. The number of hydrogen-bond acceptors (Lipinski definition) is 4. The molecule has 9 heteroatoms. The normalized spacial score (nSPS) is 15.7. The molecule has 2 aliphatic heterocycles. The summed E-state index contributed by atoms with van der Waals surface area (Å²) in [4.78, 5) is 28.2. The molecule has 2 aromatic carbocycles. The van der Waals surface area contributed by atoms with Gasteiger partial charge in [-0.2, -0.15) is 0 Å². The van der Waals surface area contributed by atoms with Gasteiger partial charge in [0.25, 0.3) is 0 Å². The molecule has 0 bridgehead atoms. The number of benzene rings is 2. The topological polar surface area (TPSA) is 71.1 Å². The number of nitrogens with zero attached hydrogens (tertiary/aromatic N) is 2. The summed E-state index contributed by atoms with van der Waals surface area (Å²) in [5.41, 5.74) is 1.16. The average Bonchev–Trinajstić information content (AvgIpc) is 3.04. The number of halogens is 2. The van der Waals surface area contributed by atoms with Crippen molar-refractivity contribution in [2.45, 2.75) is 0 Å². The number of rotatable bonds is 4. The van der Waals surface area contributed by atoms with Gasteiger partial charge in [0.1, 0.15) is 19.8 Å². The van der Waals surface area contributed by atoms with E-state index in [1.165, 1.54) is 4.90 Å². The lowest BCUT2D eigenvalue weighted by Crippen LogP contribution is -2.37. The highest BCUT2D eigenvalue weighted by Crippen LogP contribution is 2.35. The lowest BCUT2D eigenvalue weighted by atomic mass is 10.2. The Morgan fingerprint density at radius 1 is 1.04 bits per heavy atom. The van der Waals surface area contributed by atoms with Crippen LogP contribution in [-0.4, -0.2) is 49.7 Å². The smallest absolute Gasteiger partial charge is 0.325 e. The molecule has 0 radical (unpaired) electrons. The molecule has 28 heavy (non-hydrogen) atoms. The van der Waals surface area contributed by atoms with Crippen molar-refractivity contribution < 1.29 is 19.1 Å². The highest BCUT2D eigenvalue weighted by Gasteiger charge is 2.31. The van der Waals surface area contributed by atoms with Crippen molar-refractivity contribution >= 4 is 46.5 Å². The summed E-state index contributed by atoms with van der Waals surface area (Å²) in [6.45, 7) is 1.83. The minimum atomic E-state index is -0.332. The second-order valence-electron chi connectivity index (χ2n) is 6.36. The maximum absolute atomic E-state index is 12.7. The number of amides is 3. The van der Waals surface area contributed by atoms with Crippen molar-refractivity contribution in [1.82, 2.24) is 4.90 Å². The van der Waals surface area contributed by atoms with Gasteiger partial charge < -0.3 is 19.7 Å². The lowest BCUT2D eigenvalue weighted by Gasteiger charge is -2.22. The van der Waals surface area contributed by atoms with Crippen LogP contribution in [0.15, 0.2) is 36.4 Å². The Morgan fingerprint density at radius 2 is 1.82 bits per heavy atom. The first-order valence-corrected chi connectivity index (χ1v) is 9.48. The number of nitrogens with one attached hydrogen (secondary N) is 1. The third-order valence-corrected chi connectivity index (χ3v) is 5.02. The van der Waals surface area contributed by atoms with Gasteiger partial charge in [-0.3, -0.25) is 9.69 Å². The molecule has 1 fully saturated rings. The average molecular weight is 422 g/mol. The maximum atomic E-state index is 12.7. The zero-order chi connectivity index (χ0) is 19.7. The highest BCUT2D eigenvalue weighted by molar-refractivity contribution is 6.36. The minimum Gasteiger partial charge on any atom is -0.486 e. The van der Waals surface area contributed by atoms with E-state index >= 15 is 0 Å². The molecular formula is C19H17Cl2N3O4. The molecule has 1 saturated heterocycles. The second-order valence-corrected chi connectivity index (χ2v) is 7.20. The number of ether oxygens (including phenoxy) is 2. The third-order valence-electron chi connectivity index (χ3n) is 4.47. The minimum absolute atomic E-state index is 0.0706. The van der Waals surface area contributed by atoms with E-state index in [-0.39, 0.29) is 18.5 Å². The Hall–Kier alpha value is -2.64. The molecule has 0 atom stereocenters. The molecule has 0 saturated carbocycles. The predicted molar refractivity (Wildman–Crippen MR) is 107 cm³/mol. The Kier molecular flexibility index (Phi) is 5.19. The maximum Gasteiger partial charge on any atom is 0.325 e. The van der Waals surface area contributed by atoms with Gasteiger partial charge in [-0.1, -0.05) is 23.2 Å². The fourth-order valence-corrected chi connectivity index (χ4v) is 3.58. The second kappa shape index (κ2) is 7.77. The molecule has 2 aliphatic rings. The zero-order valence-electron chi connectivity index (χ0n) is 14.8. The molecule has 2 aromatic rings. The van der Waals surface area contributed by atoms with E-state index in [0.717, 1.165) is 0 Å². The molecule has 0 unspecified atom stereocenters. The monoisotopic (exact) mass is 421 g/mol. The van der Waals surface area contributed by atoms with Gasteiger partial charge in [0, 0.05) is 29.9 Å². The van der Waals surface area contributed by atoms with Crippen LogP contribution in [0.1, 0.15) is 0 Å². The summed E-state index contributed by atoms with van der Waals surface area (Å²) in [5.74, 6) is 0.949. The lowest BCUT2D eigenvalue weighted by molar-refractivity contribution is -0.116. The van der Waals surface area contributed by atoms with E-state index in [2.05, 4.69) is 5.32 Å². The van der Waals surface area contributed by atoms with Gasteiger partial charge >= 0.3 is 6.03 Å². The molecular weight excluding hydrogens is 405 g/mol. The molecule has 3 amide bonds. The Balaban J connectivity index is 1.41. The van der Waals surface area contributed by atoms with Crippen LogP contribution in [0.5, 0.6) is 11.5 Å². The quantitative estimate of drug-likeness (QED) is 0.817.